The lowest BCUT2D eigenvalue weighted by Gasteiger charge is -2.25. The largest absolute Gasteiger partial charge is 0.497 e. The van der Waals surface area contributed by atoms with Crippen LogP contribution >= 0.6 is 0 Å². The van der Waals surface area contributed by atoms with E-state index in [0.29, 0.717) is 5.75 Å². The number of hydrogen-bond donors (Lipinski definition) is 0. The number of benzene rings is 1. The SMILES string of the molecule is C=C(C(=O)OC)N(Cc1ccc(OC)cc1OC)C(=O)C(F)(F)F. The third kappa shape index (κ3) is 4.40. The fourth-order valence-electron chi connectivity index (χ4n) is 1.82. The van der Waals surface area contributed by atoms with E-state index in [1.54, 1.807) is 0 Å². The zero-order valence-corrected chi connectivity index (χ0v) is 13.3. The molecule has 132 valence electrons. The van der Waals surface area contributed by atoms with E-state index in [9.17, 15) is 22.8 Å². The molecule has 6 nitrogen and oxygen atoms in total. The van der Waals surface area contributed by atoms with Crippen molar-refractivity contribution in [3.63, 3.8) is 0 Å². The molecule has 1 aromatic carbocycles. The van der Waals surface area contributed by atoms with Gasteiger partial charge in [0, 0.05) is 11.6 Å². The number of alkyl halides is 3. The van der Waals surface area contributed by atoms with Crippen LogP contribution in [0.5, 0.6) is 11.5 Å². The van der Waals surface area contributed by atoms with Gasteiger partial charge in [-0.25, -0.2) is 4.79 Å². The van der Waals surface area contributed by atoms with E-state index in [1.807, 2.05) is 0 Å². The van der Waals surface area contributed by atoms with Gasteiger partial charge in [0.15, 0.2) is 0 Å². The van der Waals surface area contributed by atoms with E-state index in [2.05, 4.69) is 11.3 Å². The molecule has 0 aromatic heterocycles. The van der Waals surface area contributed by atoms with E-state index in [0.717, 1.165) is 7.11 Å². The Morgan fingerprint density at radius 3 is 2.25 bits per heavy atom. The number of carbonyl (C=O) groups is 2. The number of ether oxygens (including phenoxy) is 3. The summed E-state index contributed by atoms with van der Waals surface area (Å²) < 4.78 is 52.8. The molecular weight excluding hydrogens is 331 g/mol. The minimum atomic E-state index is -5.18. The van der Waals surface area contributed by atoms with Crippen LogP contribution in [0.4, 0.5) is 13.2 Å². The average molecular weight is 347 g/mol. The molecule has 0 spiro atoms. The van der Waals surface area contributed by atoms with Crippen LogP contribution in [-0.4, -0.2) is 44.3 Å². The van der Waals surface area contributed by atoms with E-state index in [4.69, 9.17) is 9.47 Å². The lowest BCUT2D eigenvalue weighted by atomic mass is 10.1. The standard InChI is InChI=1S/C15H16F3NO5/c1-9(13(20)24-4)19(14(21)15(16,17)18)8-10-5-6-11(22-2)7-12(10)23-3/h5-7H,1,8H2,2-4H3. The zero-order chi connectivity index (χ0) is 18.5. The highest BCUT2D eigenvalue weighted by molar-refractivity contribution is 5.95. The second-order valence-electron chi connectivity index (χ2n) is 4.51. The number of carbonyl (C=O) groups excluding carboxylic acids is 2. The number of esters is 1. The van der Waals surface area contributed by atoms with Gasteiger partial charge in [-0.15, -0.1) is 0 Å². The van der Waals surface area contributed by atoms with E-state index in [1.165, 1.54) is 32.4 Å². The Balaban J connectivity index is 3.25. The summed E-state index contributed by atoms with van der Waals surface area (Å²) in [6.45, 7) is 2.63. The summed E-state index contributed by atoms with van der Waals surface area (Å²) in [5.74, 6) is -2.79. The van der Waals surface area contributed by atoms with Crippen LogP contribution in [-0.2, 0) is 20.9 Å². The molecule has 1 amide bonds. The van der Waals surface area contributed by atoms with Crippen LogP contribution in [0.2, 0.25) is 0 Å². The Hall–Kier alpha value is -2.71. The number of nitrogens with zero attached hydrogens (tertiary/aromatic N) is 1. The molecule has 0 heterocycles. The van der Waals surface area contributed by atoms with Gasteiger partial charge in [0.05, 0.1) is 27.9 Å². The van der Waals surface area contributed by atoms with Gasteiger partial charge in [-0.05, 0) is 12.1 Å². The molecule has 9 heteroatoms. The summed E-state index contributed by atoms with van der Waals surface area (Å²) in [6, 6.07) is 4.33. The molecule has 0 bridgehead atoms. The maximum atomic E-state index is 12.8. The van der Waals surface area contributed by atoms with Gasteiger partial charge in [0.2, 0.25) is 0 Å². The van der Waals surface area contributed by atoms with Gasteiger partial charge < -0.3 is 14.2 Å². The van der Waals surface area contributed by atoms with Gasteiger partial charge in [-0.1, -0.05) is 6.58 Å². The van der Waals surface area contributed by atoms with Crippen LogP contribution in [0.25, 0.3) is 0 Å². The zero-order valence-electron chi connectivity index (χ0n) is 13.3. The maximum Gasteiger partial charge on any atom is 0.471 e. The quantitative estimate of drug-likeness (QED) is 0.583. The summed E-state index contributed by atoms with van der Waals surface area (Å²) in [5.41, 5.74) is -0.515. The fourth-order valence-corrected chi connectivity index (χ4v) is 1.82. The summed E-state index contributed by atoms with van der Waals surface area (Å²) in [6.07, 6.45) is -5.18. The van der Waals surface area contributed by atoms with Crippen molar-refractivity contribution in [2.45, 2.75) is 12.7 Å². The van der Waals surface area contributed by atoms with Crippen molar-refractivity contribution < 1.29 is 37.0 Å². The Kier molecular flexibility index (Phi) is 6.21. The van der Waals surface area contributed by atoms with Crippen molar-refractivity contribution >= 4 is 11.9 Å². The van der Waals surface area contributed by atoms with Crippen molar-refractivity contribution in [3.8, 4) is 11.5 Å². The van der Waals surface area contributed by atoms with Crippen molar-refractivity contribution in [2.24, 2.45) is 0 Å². The first-order chi connectivity index (χ1) is 11.1. The van der Waals surface area contributed by atoms with Crippen molar-refractivity contribution in [3.05, 3.63) is 36.0 Å². The van der Waals surface area contributed by atoms with Gasteiger partial charge in [-0.3, -0.25) is 9.69 Å². The molecule has 0 saturated carbocycles. The molecule has 0 atom stereocenters. The highest BCUT2D eigenvalue weighted by Crippen LogP contribution is 2.29. The molecule has 0 N–H and O–H groups in total. The highest BCUT2D eigenvalue weighted by Gasteiger charge is 2.44. The van der Waals surface area contributed by atoms with E-state index < -0.39 is 30.3 Å². The first-order valence-electron chi connectivity index (χ1n) is 6.52. The van der Waals surface area contributed by atoms with Crippen molar-refractivity contribution in [2.75, 3.05) is 21.3 Å². The molecule has 1 aromatic rings. The summed E-state index contributed by atoms with van der Waals surface area (Å²) in [5, 5.41) is 0. The summed E-state index contributed by atoms with van der Waals surface area (Å²) in [7, 11) is 3.69. The maximum absolute atomic E-state index is 12.8. The third-order valence-corrected chi connectivity index (χ3v) is 3.06. The molecule has 0 fully saturated rings. The number of hydrogen-bond acceptors (Lipinski definition) is 5. The smallest absolute Gasteiger partial charge is 0.471 e. The minimum Gasteiger partial charge on any atom is -0.497 e. The molecule has 0 radical (unpaired) electrons. The molecule has 0 aliphatic carbocycles. The van der Waals surface area contributed by atoms with Crippen LogP contribution in [0, 0.1) is 0 Å². The lowest BCUT2D eigenvalue weighted by molar-refractivity contribution is -0.184. The van der Waals surface area contributed by atoms with E-state index in [-0.39, 0.29) is 16.2 Å². The Morgan fingerprint density at radius 1 is 1.17 bits per heavy atom. The molecule has 0 aliphatic rings. The van der Waals surface area contributed by atoms with E-state index >= 15 is 0 Å². The third-order valence-electron chi connectivity index (χ3n) is 3.06. The molecule has 1 rings (SSSR count). The monoisotopic (exact) mass is 347 g/mol. The van der Waals surface area contributed by atoms with Gasteiger partial charge >= 0.3 is 18.1 Å². The van der Waals surface area contributed by atoms with Crippen molar-refractivity contribution in [1.82, 2.24) is 4.90 Å². The fraction of sp³-hybridized carbons (Fsp3) is 0.333. The molecular formula is C15H16F3NO5. The first-order valence-corrected chi connectivity index (χ1v) is 6.52. The number of rotatable bonds is 6. The van der Waals surface area contributed by atoms with Crippen molar-refractivity contribution in [1.29, 1.82) is 0 Å². The van der Waals surface area contributed by atoms with Crippen LogP contribution < -0.4 is 9.47 Å². The topological polar surface area (TPSA) is 65.1 Å². The Bertz CT molecular complexity index is 642. The predicted octanol–water partition coefficient (Wildman–Crippen LogP) is 2.28. The summed E-state index contributed by atoms with van der Waals surface area (Å²) in [4.78, 5) is 23.3. The van der Waals surface area contributed by atoms with Crippen LogP contribution in [0.15, 0.2) is 30.5 Å². The number of methoxy groups -OCH3 is 3. The molecule has 0 saturated heterocycles. The second kappa shape index (κ2) is 7.71. The van der Waals surface area contributed by atoms with Gasteiger partial charge in [0.1, 0.15) is 17.2 Å². The van der Waals surface area contributed by atoms with Gasteiger partial charge in [-0.2, -0.15) is 13.2 Å². The number of amides is 1. The average Bonchev–Trinajstić information content (AvgIpc) is 2.56. The summed E-state index contributed by atoms with van der Waals surface area (Å²) >= 11 is 0. The normalized spacial score (nSPS) is 10.8. The second-order valence-corrected chi connectivity index (χ2v) is 4.51. The van der Waals surface area contributed by atoms with Gasteiger partial charge in [0.25, 0.3) is 0 Å². The molecule has 24 heavy (non-hydrogen) atoms. The highest BCUT2D eigenvalue weighted by atomic mass is 19.4. The Morgan fingerprint density at radius 2 is 1.79 bits per heavy atom. The van der Waals surface area contributed by atoms with Crippen LogP contribution in [0.1, 0.15) is 5.56 Å². The van der Waals surface area contributed by atoms with Crippen LogP contribution in [0.3, 0.4) is 0 Å². The Labute approximate surface area is 136 Å². The number of halogens is 3. The minimum absolute atomic E-state index is 0.187. The predicted molar refractivity (Wildman–Crippen MR) is 77.3 cm³/mol. The molecule has 0 unspecified atom stereocenters. The first kappa shape index (κ1) is 19.3. The lowest BCUT2D eigenvalue weighted by Crippen LogP contribution is -2.42. The molecule has 0 aliphatic heterocycles.